The molecule has 2 atom stereocenters. The lowest BCUT2D eigenvalue weighted by Gasteiger charge is -2.47. The van der Waals surface area contributed by atoms with Crippen molar-refractivity contribution in [1.29, 1.82) is 0 Å². The highest BCUT2D eigenvalue weighted by Gasteiger charge is 2.50. The van der Waals surface area contributed by atoms with Crippen LogP contribution in [0.25, 0.3) is 11.0 Å². The van der Waals surface area contributed by atoms with Crippen LogP contribution in [0.4, 0.5) is 5.82 Å². The maximum atomic E-state index is 12.4. The second kappa shape index (κ2) is 4.95. The van der Waals surface area contributed by atoms with Gasteiger partial charge in [-0.1, -0.05) is 0 Å². The van der Waals surface area contributed by atoms with E-state index in [1.54, 1.807) is 6.33 Å². The Labute approximate surface area is 127 Å². The van der Waals surface area contributed by atoms with Crippen LogP contribution in [0, 0.1) is 5.41 Å². The van der Waals surface area contributed by atoms with E-state index in [0.717, 1.165) is 29.7 Å². The summed E-state index contributed by atoms with van der Waals surface area (Å²) in [7, 11) is 0. The van der Waals surface area contributed by atoms with E-state index in [-0.39, 0.29) is 5.91 Å². The first-order valence-electron chi connectivity index (χ1n) is 7.70. The number of aromatic nitrogens is 3. The SMILES string of the molecule is O=C1NCCC[C@]12CN(c1ncnc3cc[nH]c13)CC[C@H]2O. The fourth-order valence-electron chi connectivity index (χ4n) is 3.72. The Kier molecular flexibility index (Phi) is 3.04. The van der Waals surface area contributed by atoms with E-state index in [1.807, 2.05) is 12.3 Å². The number of hydrogen-bond acceptors (Lipinski definition) is 5. The topological polar surface area (TPSA) is 94.1 Å². The molecular formula is C15H19N5O2. The number of aliphatic hydroxyl groups is 1. The molecule has 4 heterocycles. The van der Waals surface area contributed by atoms with Crippen LogP contribution in [0.5, 0.6) is 0 Å². The minimum absolute atomic E-state index is 0.0345. The molecule has 4 rings (SSSR count). The number of anilines is 1. The van der Waals surface area contributed by atoms with E-state index in [1.165, 1.54) is 0 Å². The molecule has 2 saturated heterocycles. The number of aliphatic hydroxyl groups excluding tert-OH is 1. The van der Waals surface area contributed by atoms with Gasteiger partial charge in [-0.15, -0.1) is 0 Å². The molecule has 0 aromatic carbocycles. The molecule has 7 nitrogen and oxygen atoms in total. The van der Waals surface area contributed by atoms with Gasteiger partial charge in [-0.05, 0) is 25.3 Å². The standard InChI is InChI=1S/C15H19N5O2/c21-11-3-7-20(8-15(11)4-1-5-17-14(15)22)13-12-10(2-6-16-12)18-9-19-13/h2,6,9,11,16,21H,1,3-5,7-8H2,(H,17,22)/t11-,15-/m1/s1. The van der Waals surface area contributed by atoms with Gasteiger partial charge in [0.25, 0.3) is 0 Å². The number of rotatable bonds is 1. The zero-order valence-electron chi connectivity index (χ0n) is 12.2. The average molecular weight is 301 g/mol. The van der Waals surface area contributed by atoms with Gasteiger partial charge in [0.05, 0.1) is 17.0 Å². The first-order chi connectivity index (χ1) is 10.7. The maximum Gasteiger partial charge on any atom is 0.230 e. The van der Waals surface area contributed by atoms with Crippen molar-refractivity contribution in [1.82, 2.24) is 20.3 Å². The van der Waals surface area contributed by atoms with Gasteiger partial charge in [-0.25, -0.2) is 9.97 Å². The Hall–Kier alpha value is -2.15. The first kappa shape index (κ1) is 13.5. The second-order valence-electron chi connectivity index (χ2n) is 6.18. The number of nitrogens with zero attached hydrogens (tertiary/aromatic N) is 3. The van der Waals surface area contributed by atoms with E-state index in [0.29, 0.717) is 26.1 Å². The smallest absolute Gasteiger partial charge is 0.230 e. The third-order valence-electron chi connectivity index (χ3n) is 4.95. The van der Waals surface area contributed by atoms with Gasteiger partial charge in [0.15, 0.2) is 5.82 Å². The molecule has 0 saturated carbocycles. The zero-order valence-corrected chi connectivity index (χ0v) is 12.2. The van der Waals surface area contributed by atoms with Crippen LogP contribution in [0.2, 0.25) is 0 Å². The third kappa shape index (κ3) is 1.89. The van der Waals surface area contributed by atoms with Crippen molar-refractivity contribution < 1.29 is 9.90 Å². The van der Waals surface area contributed by atoms with Crippen LogP contribution in [0.3, 0.4) is 0 Å². The predicted octanol–water partition coefficient (Wildman–Crippen LogP) is 0.425. The number of carbonyl (C=O) groups excluding carboxylic acids is 1. The van der Waals surface area contributed by atoms with Crippen molar-refractivity contribution >= 4 is 22.8 Å². The van der Waals surface area contributed by atoms with E-state index >= 15 is 0 Å². The van der Waals surface area contributed by atoms with E-state index in [9.17, 15) is 9.90 Å². The summed E-state index contributed by atoms with van der Waals surface area (Å²) in [4.78, 5) is 26.3. The molecule has 0 aliphatic carbocycles. The Balaban J connectivity index is 1.72. The normalized spacial score (nSPS) is 29.0. The summed E-state index contributed by atoms with van der Waals surface area (Å²) in [6.45, 7) is 1.87. The van der Waals surface area contributed by atoms with Crippen LogP contribution in [0.15, 0.2) is 18.6 Å². The fourth-order valence-corrected chi connectivity index (χ4v) is 3.72. The molecular weight excluding hydrogens is 282 g/mol. The van der Waals surface area contributed by atoms with Crippen LogP contribution < -0.4 is 10.2 Å². The fraction of sp³-hybridized carbons (Fsp3) is 0.533. The highest BCUT2D eigenvalue weighted by atomic mass is 16.3. The van der Waals surface area contributed by atoms with Gasteiger partial charge in [-0.3, -0.25) is 4.79 Å². The molecule has 1 spiro atoms. The Morgan fingerprint density at radius 1 is 1.41 bits per heavy atom. The lowest BCUT2D eigenvalue weighted by atomic mass is 9.71. The average Bonchev–Trinajstić information content (AvgIpc) is 3.01. The molecule has 2 aromatic rings. The molecule has 1 amide bonds. The molecule has 2 aromatic heterocycles. The van der Waals surface area contributed by atoms with Gasteiger partial charge < -0.3 is 20.3 Å². The number of piperidine rings is 2. The number of fused-ring (bicyclic) bond motifs is 1. The number of aromatic amines is 1. The quantitative estimate of drug-likeness (QED) is 0.710. The number of carbonyl (C=O) groups is 1. The molecule has 3 N–H and O–H groups in total. The van der Waals surface area contributed by atoms with Crippen LogP contribution in [-0.4, -0.2) is 51.7 Å². The minimum atomic E-state index is -0.722. The van der Waals surface area contributed by atoms with Crippen LogP contribution >= 0.6 is 0 Å². The van der Waals surface area contributed by atoms with E-state index in [4.69, 9.17) is 0 Å². The summed E-state index contributed by atoms with van der Waals surface area (Å²) in [6.07, 6.45) is 4.98. The van der Waals surface area contributed by atoms with Crippen molar-refractivity contribution in [2.24, 2.45) is 5.41 Å². The molecule has 116 valence electrons. The number of amides is 1. The van der Waals surface area contributed by atoms with Crippen molar-refractivity contribution in [2.75, 3.05) is 24.5 Å². The minimum Gasteiger partial charge on any atom is -0.392 e. The van der Waals surface area contributed by atoms with E-state index in [2.05, 4.69) is 25.2 Å². The summed E-state index contributed by atoms with van der Waals surface area (Å²) in [5.74, 6) is 0.771. The largest absolute Gasteiger partial charge is 0.392 e. The van der Waals surface area contributed by atoms with Crippen molar-refractivity contribution in [3.8, 4) is 0 Å². The summed E-state index contributed by atoms with van der Waals surface area (Å²) >= 11 is 0. The number of nitrogens with one attached hydrogen (secondary N) is 2. The van der Waals surface area contributed by atoms with Gasteiger partial charge in [0.2, 0.25) is 5.91 Å². The summed E-state index contributed by atoms with van der Waals surface area (Å²) in [6, 6.07) is 1.91. The molecule has 2 aliphatic rings. The van der Waals surface area contributed by atoms with Crippen LogP contribution in [-0.2, 0) is 4.79 Å². The summed E-state index contributed by atoms with van der Waals surface area (Å²) in [5.41, 5.74) is 1.02. The molecule has 0 unspecified atom stereocenters. The van der Waals surface area contributed by atoms with Crippen LogP contribution in [0.1, 0.15) is 19.3 Å². The molecule has 0 bridgehead atoms. The molecule has 7 heteroatoms. The second-order valence-corrected chi connectivity index (χ2v) is 6.18. The van der Waals surface area contributed by atoms with Crippen molar-refractivity contribution in [3.05, 3.63) is 18.6 Å². The van der Waals surface area contributed by atoms with Gasteiger partial charge >= 0.3 is 0 Å². The highest BCUT2D eigenvalue weighted by Crippen LogP contribution is 2.39. The Morgan fingerprint density at radius 3 is 3.18 bits per heavy atom. The van der Waals surface area contributed by atoms with Gasteiger partial charge in [-0.2, -0.15) is 0 Å². The first-order valence-corrected chi connectivity index (χ1v) is 7.70. The molecule has 2 aliphatic heterocycles. The predicted molar refractivity (Wildman–Crippen MR) is 81.4 cm³/mol. The number of hydrogen-bond donors (Lipinski definition) is 3. The van der Waals surface area contributed by atoms with Crippen molar-refractivity contribution in [2.45, 2.75) is 25.4 Å². The van der Waals surface area contributed by atoms with E-state index < -0.39 is 11.5 Å². The monoisotopic (exact) mass is 301 g/mol. The lowest BCUT2D eigenvalue weighted by Crippen LogP contribution is -2.61. The molecule has 2 fully saturated rings. The summed E-state index contributed by atoms with van der Waals surface area (Å²) < 4.78 is 0. The van der Waals surface area contributed by atoms with Gasteiger partial charge in [0, 0.05) is 25.8 Å². The number of H-pyrrole nitrogens is 1. The maximum absolute atomic E-state index is 12.4. The summed E-state index contributed by atoms with van der Waals surface area (Å²) in [5, 5.41) is 13.4. The van der Waals surface area contributed by atoms with Gasteiger partial charge in [0.1, 0.15) is 11.8 Å². The molecule has 0 radical (unpaired) electrons. The highest BCUT2D eigenvalue weighted by molar-refractivity contribution is 5.88. The Morgan fingerprint density at radius 2 is 2.32 bits per heavy atom. The third-order valence-corrected chi connectivity index (χ3v) is 4.95. The molecule has 22 heavy (non-hydrogen) atoms. The van der Waals surface area contributed by atoms with Crippen molar-refractivity contribution in [3.63, 3.8) is 0 Å². The Bertz CT molecular complexity index is 715. The lowest BCUT2D eigenvalue weighted by molar-refractivity contribution is -0.142. The zero-order chi connectivity index (χ0) is 15.2.